The topological polar surface area (TPSA) is 66.4 Å². The first kappa shape index (κ1) is 14.3. The maximum absolute atomic E-state index is 12.2. The van der Waals surface area contributed by atoms with Gasteiger partial charge >= 0.3 is 5.97 Å². The van der Waals surface area contributed by atoms with Crippen molar-refractivity contribution in [2.24, 2.45) is 0 Å². The van der Waals surface area contributed by atoms with Crippen LogP contribution in [-0.4, -0.2) is 17.0 Å². The van der Waals surface area contributed by atoms with Gasteiger partial charge in [0.1, 0.15) is 0 Å². The van der Waals surface area contributed by atoms with Crippen LogP contribution >= 0.6 is 15.9 Å². The second-order valence-electron chi connectivity index (χ2n) is 4.28. The molecule has 0 aliphatic rings. The van der Waals surface area contributed by atoms with Gasteiger partial charge in [-0.1, -0.05) is 18.2 Å². The van der Waals surface area contributed by atoms with Gasteiger partial charge < -0.3 is 10.4 Å². The number of carbonyl (C=O) groups is 2. The van der Waals surface area contributed by atoms with E-state index in [9.17, 15) is 9.59 Å². The SMILES string of the molecule is Cc1cccc(C(=O)Nc2cccc(C(=O)O)c2)c1Br. The first-order chi connectivity index (χ1) is 9.49. The molecule has 102 valence electrons. The first-order valence-electron chi connectivity index (χ1n) is 5.89. The number of nitrogens with one attached hydrogen (secondary N) is 1. The molecule has 2 aromatic rings. The van der Waals surface area contributed by atoms with Crippen LogP contribution in [0.3, 0.4) is 0 Å². The molecule has 2 rings (SSSR count). The van der Waals surface area contributed by atoms with E-state index in [0.717, 1.165) is 10.0 Å². The lowest BCUT2D eigenvalue weighted by Gasteiger charge is -2.09. The van der Waals surface area contributed by atoms with E-state index in [1.54, 1.807) is 24.3 Å². The Bertz CT molecular complexity index is 683. The van der Waals surface area contributed by atoms with Crippen molar-refractivity contribution in [3.05, 3.63) is 63.6 Å². The van der Waals surface area contributed by atoms with E-state index in [1.807, 2.05) is 13.0 Å². The molecule has 4 nitrogen and oxygen atoms in total. The van der Waals surface area contributed by atoms with Gasteiger partial charge in [-0.15, -0.1) is 0 Å². The molecule has 0 aliphatic carbocycles. The summed E-state index contributed by atoms with van der Waals surface area (Å²) in [4.78, 5) is 23.1. The first-order valence-corrected chi connectivity index (χ1v) is 6.68. The number of amides is 1. The lowest BCUT2D eigenvalue weighted by molar-refractivity contribution is 0.0696. The van der Waals surface area contributed by atoms with Gasteiger partial charge in [0.25, 0.3) is 5.91 Å². The van der Waals surface area contributed by atoms with Gasteiger partial charge in [0.05, 0.1) is 11.1 Å². The fourth-order valence-corrected chi connectivity index (χ4v) is 2.20. The van der Waals surface area contributed by atoms with Crippen molar-refractivity contribution in [1.29, 1.82) is 0 Å². The third-order valence-corrected chi connectivity index (χ3v) is 3.86. The molecular weight excluding hydrogens is 322 g/mol. The van der Waals surface area contributed by atoms with Crippen molar-refractivity contribution < 1.29 is 14.7 Å². The highest BCUT2D eigenvalue weighted by molar-refractivity contribution is 9.10. The van der Waals surface area contributed by atoms with Crippen LogP contribution in [0.4, 0.5) is 5.69 Å². The lowest BCUT2D eigenvalue weighted by atomic mass is 10.1. The molecule has 0 aliphatic heterocycles. The number of aryl methyl sites for hydroxylation is 1. The molecule has 2 N–H and O–H groups in total. The molecule has 0 saturated carbocycles. The van der Waals surface area contributed by atoms with Crippen molar-refractivity contribution in [1.82, 2.24) is 0 Å². The Hall–Kier alpha value is -2.14. The molecule has 0 aromatic heterocycles. The molecule has 2 aromatic carbocycles. The standard InChI is InChI=1S/C15H12BrNO3/c1-9-4-2-7-12(13(9)16)14(18)17-11-6-3-5-10(8-11)15(19)20/h2-8H,1H3,(H,17,18)(H,19,20). The maximum atomic E-state index is 12.2. The third-order valence-electron chi connectivity index (χ3n) is 2.80. The van der Waals surface area contributed by atoms with Crippen LogP contribution < -0.4 is 5.32 Å². The smallest absolute Gasteiger partial charge is 0.335 e. The Morgan fingerprint density at radius 1 is 1.15 bits per heavy atom. The number of carboxylic acids is 1. The van der Waals surface area contributed by atoms with Crippen LogP contribution in [0.15, 0.2) is 46.9 Å². The van der Waals surface area contributed by atoms with Gasteiger partial charge in [-0.3, -0.25) is 4.79 Å². The van der Waals surface area contributed by atoms with Gasteiger partial charge in [-0.25, -0.2) is 4.79 Å². The Kier molecular flexibility index (Phi) is 4.20. The zero-order chi connectivity index (χ0) is 14.7. The Balaban J connectivity index is 2.26. The summed E-state index contributed by atoms with van der Waals surface area (Å²) in [6.07, 6.45) is 0. The summed E-state index contributed by atoms with van der Waals surface area (Å²) in [7, 11) is 0. The van der Waals surface area contributed by atoms with Crippen LogP contribution in [0.5, 0.6) is 0 Å². The average Bonchev–Trinajstić information content (AvgIpc) is 2.42. The molecule has 0 atom stereocenters. The molecule has 0 radical (unpaired) electrons. The van der Waals surface area contributed by atoms with Crippen molar-refractivity contribution in [2.75, 3.05) is 5.32 Å². The second-order valence-corrected chi connectivity index (χ2v) is 5.07. The van der Waals surface area contributed by atoms with Crippen molar-refractivity contribution in [2.45, 2.75) is 6.92 Å². The molecule has 5 heteroatoms. The number of halogens is 1. The van der Waals surface area contributed by atoms with Gasteiger partial charge in [0.15, 0.2) is 0 Å². The number of hydrogen-bond acceptors (Lipinski definition) is 2. The number of anilines is 1. The molecule has 1 amide bonds. The average molecular weight is 334 g/mol. The molecule has 0 heterocycles. The number of hydrogen-bond donors (Lipinski definition) is 2. The lowest BCUT2D eigenvalue weighted by Crippen LogP contribution is -2.13. The normalized spacial score (nSPS) is 10.1. The summed E-state index contributed by atoms with van der Waals surface area (Å²) >= 11 is 3.38. The van der Waals surface area contributed by atoms with E-state index in [1.165, 1.54) is 12.1 Å². The molecule has 0 saturated heterocycles. The fourth-order valence-electron chi connectivity index (χ4n) is 1.75. The van der Waals surface area contributed by atoms with Gasteiger partial charge in [-0.05, 0) is 52.7 Å². The molecule has 0 fully saturated rings. The highest BCUT2D eigenvalue weighted by atomic mass is 79.9. The Morgan fingerprint density at radius 3 is 2.55 bits per heavy atom. The molecule has 0 bridgehead atoms. The summed E-state index contributed by atoms with van der Waals surface area (Å²) in [5, 5.41) is 11.6. The maximum Gasteiger partial charge on any atom is 0.335 e. The van der Waals surface area contributed by atoms with E-state index in [-0.39, 0.29) is 11.5 Å². The molecule has 0 unspecified atom stereocenters. The van der Waals surface area contributed by atoms with E-state index in [4.69, 9.17) is 5.11 Å². The van der Waals surface area contributed by atoms with Crippen molar-refractivity contribution >= 4 is 33.5 Å². The van der Waals surface area contributed by atoms with Crippen LogP contribution in [0.2, 0.25) is 0 Å². The Labute approximate surface area is 124 Å². The third kappa shape index (κ3) is 3.05. The highest BCUT2D eigenvalue weighted by Crippen LogP contribution is 2.22. The quantitative estimate of drug-likeness (QED) is 0.899. The van der Waals surface area contributed by atoms with Crippen LogP contribution in [0.25, 0.3) is 0 Å². The second kappa shape index (κ2) is 5.88. The number of aromatic carboxylic acids is 1. The van der Waals surface area contributed by atoms with Crippen molar-refractivity contribution in [3.8, 4) is 0 Å². The number of carboxylic acid groups (broad SMARTS) is 1. The van der Waals surface area contributed by atoms with Gasteiger partial charge in [0, 0.05) is 10.2 Å². The number of benzene rings is 2. The number of carbonyl (C=O) groups excluding carboxylic acids is 1. The van der Waals surface area contributed by atoms with Gasteiger partial charge in [-0.2, -0.15) is 0 Å². The highest BCUT2D eigenvalue weighted by Gasteiger charge is 2.12. The largest absolute Gasteiger partial charge is 0.478 e. The summed E-state index contributed by atoms with van der Waals surface area (Å²) in [5.41, 5.74) is 2.04. The molecular formula is C15H12BrNO3. The van der Waals surface area contributed by atoms with E-state index in [0.29, 0.717) is 11.3 Å². The minimum atomic E-state index is -1.03. The van der Waals surface area contributed by atoms with Crippen LogP contribution in [0, 0.1) is 6.92 Å². The Morgan fingerprint density at radius 2 is 1.85 bits per heavy atom. The number of rotatable bonds is 3. The molecule has 20 heavy (non-hydrogen) atoms. The van der Waals surface area contributed by atoms with Crippen LogP contribution in [0.1, 0.15) is 26.3 Å². The van der Waals surface area contributed by atoms with Gasteiger partial charge in [0.2, 0.25) is 0 Å². The van der Waals surface area contributed by atoms with Crippen LogP contribution in [-0.2, 0) is 0 Å². The minimum Gasteiger partial charge on any atom is -0.478 e. The van der Waals surface area contributed by atoms with Crippen molar-refractivity contribution in [3.63, 3.8) is 0 Å². The monoisotopic (exact) mass is 333 g/mol. The summed E-state index contributed by atoms with van der Waals surface area (Å²) in [6, 6.07) is 11.5. The van der Waals surface area contributed by atoms with E-state index >= 15 is 0 Å². The minimum absolute atomic E-state index is 0.131. The summed E-state index contributed by atoms with van der Waals surface area (Å²) in [5.74, 6) is -1.32. The van der Waals surface area contributed by atoms with E-state index < -0.39 is 5.97 Å². The predicted octanol–water partition coefficient (Wildman–Crippen LogP) is 3.71. The summed E-state index contributed by atoms with van der Waals surface area (Å²) in [6.45, 7) is 1.89. The zero-order valence-corrected chi connectivity index (χ0v) is 12.3. The zero-order valence-electron chi connectivity index (χ0n) is 10.7. The summed E-state index contributed by atoms with van der Waals surface area (Å²) < 4.78 is 0.729. The molecule has 0 spiro atoms. The fraction of sp³-hybridized carbons (Fsp3) is 0.0667. The van der Waals surface area contributed by atoms with E-state index in [2.05, 4.69) is 21.2 Å². The predicted molar refractivity (Wildman–Crippen MR) is 80.2 cm³/mol.